The quantitative estimate of drug-likeness (QED) is 0.428. The molecule has 13 heavy (non-hydrogen) atoms. The molecular weight excluding hydrogens is 306 g/mol. The van der Waals surface area contributed by atoms with Gasteiger partial charge in [0.05, 0.1) is 3.92 Å². The summed E-state index contributed by atoms with van der Waals surface area (Å²) in [6.07, 6.45) is 0.592. The third-order valence-corrected chi connectivity index (χ3v) is 5.00. The Morgan fingerprint density at radius 1 is 1.46 bits per heavy atom. The lowest BCUT2D eigenvalue weighted by molar-refractivity contribution is -0.116. The van der Waals surface area contributed by atoms with E-state index in [1.54, 1.807) is 0 Å². The molecular formula is C7H14IO4P. The van der Waals surface area contributed by atoms with E-state index in [1.807, 2.05) is 29.5 Å². The molecule has 0 spiro atoms. The van der Waals surface area contributed by atoms with Crippen LogP contribution in [0.15, 0.2) is 0 Å². The van der Waals surface area contributed by atoms with Gasteiger partial charge in [0, 0.05) is 14.2 Å². The van der Waals surface area contributed by atoms with E-state index in [2.05, 4.69) is 9.05 Å². The topological polar surface area (TPSA) is 52.6 Å². The summed E-state index contributed by atoms with van der Waals surface area (Å²) in [5.74, 6) is -0.0878. The summed E-state index contributed by atoms with van der Waals surface area (Å²) in [5.41, 5.74) is 0. The van der Waals surface area contributed by atoms with E-state index >= 15 is 0 Å². The van der Waals surface area contributed by atoms with Crippen LogP contribution in [0.1, 0.15) is 13.3 Å². The van der Waals surface area contributed by atoms with Crippen LogP contribution in [0.3, 0.4) is 0 Å². The fourth-order valence-electron chi connectivity index (χ4n) is 0.721. The molecule has 6 heteroatoms. The van der Waals surface area contributed by atoms with Gasteiger partial charge in [0.2, 0.25) is 0 Å². The highest BCUT2D eigenvalue weighted by Crippen LogP contribution is 2.46. The summed E-state index contributed by atoms with van der Waals surface area (Å²) in [4.78, 5) is 11.4. The van der Waals surface area contributed by atoms with Gasteiger partial charge >= 0.3 is 7.60 Å². The number of ketones is 1. The summed E-state index contributed by atoms with van der Waals surface area (Å²) in [6.45, 7) is 1.90. The van der Waals surface area contributed by atoms with Crippen molar-refractivity contribution in [1.82, 2.24) is 0 Å². The first-order valence-corrected chi connectivity index (χ1v) is 6.83. The molecule has 0 unspecified atom stereocenters. The van der Waals surface area contributed by atoms with Crippen molar-refractivity contribution in [3.8, 4) is 0 Å². The zero-order valence-electron chi connectivity index (χ0n) is 7.95. The number of alkyl halides is 1. The van der Waals surface area contributed by atoms with Crippen LogP contribution in [0.25, 0.3) is 0 Å². The van der Waals surface area contributed by atoms with Gasteiger partial charge in [-0.15, -0.1) is 0 Å². The fourth-order valence-corrected chi connectivity index (χ4v) is 2.30. The molecule has 0 aliphatic rings. The van der Waals surface area contributed by atoms with Gasteiger partial charge in [0.1, 0.15) is 6.16 Å². The van der Waals surface area contributed by atoms with Crippen LogP contribution < -0.4 is 0 Å². The van der Waals surface area contributed by atoms with E-state index in [4.69, 9.17) is 0 Å². The van der Waals surface area contributed by atoms with Gasteiger partial charge in [-0.1, -0.05) is 29.5 Å². The van der Waals surface area contributed by atoms with Crippen LogP contribution in [-0.2, 0) is 18.4 Å². The van der Waals surface area contributed by atoms with Crippen molar-refractivity contribution < 1.29 is 18.4 Å². The minimum Gasteiger partial charge on any atom is -0.312 e. The lowest BCUT2D eigenvalue weighted by atomic mass is 10.2. The summed E-state index contributed by atoms with van der Waals surface area (Å²) in [5, 5.41) is 0. The normalized spacial score (nSPS) is 14.2. The number of Topliss-reactive ketones (excluding diaryl/α,β-unsaturated/α-hetero) is 1. The van der Waals surface area contributed by atoms with Crippen molar-refractivity contribution in [1.29, 1.82) is 0 Å². The minimum absolute atomic E-state index is 0.0878. The maximum absolute atomic E-state index is 11.5. The number of rotatable bonds is 6. The van der Waals surface area contributed by atoms with Crippen molar-refractivity contribution in [2.75, 3.05) is 20.4 Å². The Kier molecular flexibility index (Phi) is 6.37. The fraction of sp³-hybridized carbons (Fsp3) is 0.857. The summed E-state index contributed by atoms with van der Waals surface area (Å²) >= 11 is 2.02. The molecule has 0 amide bonds. The smallest absolute Gasteiger partial charge is 0.312 e. The van der Waals surface area contributed by atoms with Crippen molar-refractivity contribution >= 4 is 36.0 Å². The molecule has 0 N–H and O–H groups in total. The zero-order chi connectivity index (χ0) is 10.5. The van der Waals surface area contributed by atoms with Crippen LogP contribution in [0.4, 0.5) is 0 Å². The third kappa shape index (κ3) is 4.54. The van der Waals surface area contributed by atoms with Crippen molar-refractivity contribution in [2.45, 2.75) is 17.3 Å². The van der Waals surface area contributed by atoms with Crippen LogP contribution in [0.2, 0.25) is 0 Å². The van der Waals surface area contributed by atoms with Crippen molar-refractivity contribution in [3.63, 3.8) is 0 Å². The van der Waals surface area contributed by atoms with Gasteiger partial charge in [0.25, 0.3) is 0 Å². The second kappa shape index (κ2) is 6.11. The highest BCUT2D eigenvalue weighted by Gasteiger charge is 2.28. The third-order valence-electron chi connectivity index (χ3n) is 1.61. The summed E-state index contributed by atoms with van der Waals surface area (Å²) in [6, 6.07) is 0. The standard InChI is InChI=1S/C7H14IO4P/c1-4-6(8)7(9)5-13(10,11-2)12-3/h6H,4-5H2,1-3H3/t6-/m0/s1. The van der Waals surface area contributed by atoms with Gasteiger partial charge in [-0.05, 0) is 6.42 Å². The monoisotopic (exact) mass is 320 g/mol. The largest absolute Gasteiger partial charge is 0.337 e. The van der Waals surface area contributed by atoms with Gasteiger partial charge in [-0.25, -0.2) is 0 Å². The molecule has 0 radical (unpaired) electrons. The van der Waals surface area contributed by atoms with E-state index in [-0.39, 0.29) is 15.9 Å². The molecule has 0 aliphatic carbocycles. The first-order valence-electron chi connectivity index (χ1n) is 3.86. The van der Waals surface area contributed by atoms with Crippen LogP contribution in [0, 0.1) is 0 Å². The molecule has 0 saturated carbocycles. The van der Waals surface area contributed by atoms with Crippen LogP contribution in [0.5, 0.6) is 0 Å². The Bertz CT molecular complexity index is 211. The van der Waals surface area contributed by atoms with Crippen molar-refractivity contribution in [2.24, 2.45) is 0 Å². The predicted octanol–water partition coefficient (Wildman–Crippen LogP) is 2.25. The zero-order valence-corrected chi connectivity index (χ0v) is 11.0. The van der Waals surface area contributed by atoms with E-state index in [1.165, 1.54) is 14.2 Å². The number of hydrogen-bond acceptors (Lipinski definition) is 4. The highest BCUT2D eigenvalue weighted by atomic mass is 127. The summed E-state index contributed by atoms with van der Waals surface area (Å²) in [7, 11) is -0.592. The molecule has 0 aromatic rings. The second-order valence-corrected chi connectivity index (χ2v) is 6.25. The molecule has 0 bridgehead atoms. The second-order valence-electron chi connectivity index (χ2n) is 2.48. The van der Waals surface area contributed by atoms with Crippen LogP contribution >= 0.6 is 30.2 Å². The number of hydrogen-bond donors (Lipinski definition) is 0. The molecule has 0 fully saturated rings. The van der Waals surface area contributed by atoms with Crippen LogP contribution in [-0.4, -0.2) is 30.1 Å². The molecule has 0 saturated heterocycles. The molecule has 4 nitrogen and oxygen atoms in total. The maximum Gasteiger partial charge on any atom is 0.337 e. The highest BCUT2D eigenvalue weighted by molar-refractivity contribution is 14.1. The molecule has 0 aromatic carbocycles. The molecule has 0 rings (SSSR count). The number of halogens is 1. The van der Waals surface area contributed by atoms with E-state index in [9.17, 15) is 9.36 Å². The first-order chi connectivity index (χ1) is 5.99. The minimum atomic E-state index is -3.16. The maximum atomic E-state index is 11.5. The molecule has 0 heterocycles. The van der Waals surface area contributed by atoms with E-state index in [0.717, 1.165) is 6.42 Å². The molecule has 0 aliphatic heterocycles. The lowest BCUT2D eigenvalue weighted by Gasteiger charge is -2.13. The Morgan fingerprint density at radius 3 is 2.23 bits per heavy atom. The lowest BCUT2D eigenvalue weighted by Crippen LogP contribution is -2.18. The SMILES string of the molecule is CC[C@H](I)C(=O)CP(=O)(OC)OC. The molecule has 1 atom stereocenters. The Hall–Kier alpha value is 0.550. The molecule has 0 aromatic heterocycles. The average molecular weight is 320 g/mol. The van der Waals surface area contributed by atoms with Gasteiger partial charge in [0.15, 0.2) is 5.78 Å². The Balaban J connectivity index is 4.26. The van der Waals surface area contributed by atoms with E-state index in [0.29, 0.717) is 0 Å². The number of carbonyl (C=O) groups is 1. The Morgan fingerprint density at radius 2 is 1.92 bits per heavy atom. The average Bonchev–Trinajstić information content (AvgIpc) is 2.16. The van der Waals surface area contributed by atoms with Gasteiger partial charge < -0.3 is 9.05 Å². The first kappa shape index (κ1) is 13.5. The van der Waals surface area contributed by atoms with E-state index < -0.39 is 7.60 Å². The number of carbonyl (C=O) groups excluding carboxylic acids is 1. The Labute approximate surface area is 92.0 Å². The van der Waals surface area contributed by atoms with Gasteiger partial charge in [-0.2, -0.15) is 0 Å². The predicted molar refractivity (Wildman–Crippen MR) is 59.6 cm³/mol. The summed E-state index contributed by atoms with van der Waals surface area (Å²) < 4.78 is 20.7. The van der Waals surface area contributed by atoms with Gasteiger partial charge in [-0.3, -0.25) is 9.36 Å². The molecule has 78 valence electrons. The van der Waals surface area contributed by atoms with Crippen molar-refractivity contribution in [3.05, 3.63) is 0 Å².